The molecule has 3 aromatic carbocycles. The molecule has 1 fully saturated rings. The molecule has 10 nitrogen and oxygen atoms in total. The standard InChI is InChI=1S/C31H30F3N5O5/c1-41-29-17-24-26(18-30(29)43-10-2-7-38-8-11-42-12-9-38)36-6-5-27(24)44-28-4-3-20(13-25(28)34)19-37-39(31(35)40)23-15-21(32)14-22(33)16-23/h3-6,13-19H,2,7-12H2,1H3,(H2,35,40)/b37-19+. The van der Waals surface area contributed by atoms with Crippen LogP contribution in [0, 0.1) is 17.5 Å². The molecule has 1 aliphatic rings. The van der Waals surface area contributed by atoms with Gasteiger partial charge in [-0.15, -0.1) is 0 Å². The summed E-state index contributed by atoms with van der Waals surface area (Å²) in [7, 11) is 1.53. The summed E-state index contributed by atoms with van der Waals surface area (Å²) in [6.45, 7) is 4.71. The number of amides is 2. The molecule has 5 rings (SSSR count). The van der Waals surface area contributed by atoms with Crippen LogP contribution < -0.4 is 25.0 Å². The van der Waals surface area contributed by atoms with E-state index in [4.69, 9.17) is 24.7 Å². The number of rotatable bonds is 11. The van der Waals surface area contributed by atoms with Crippen LogP contribution in [-0.4, -0.2) is 68.7 Å². The number of hydrogen-bond donors (Lipinski definition) is 1. The number of aromatic nitrogens is 1. The summed E-state index contributed by atoms with van der Waals surface area (Å²) in [4.78, 5) is 18.6. The second kappa shape index (κ2) is 14.1. The molecule has 2 N–H and O–H groups in total. The molecule has 0 radical (unpaired) electrons. The van der Waals surface area contributed by atoms with Crippen molar-refractivity contribution >= 4 is 28.8 Å². The van der Waals surface area contributed by atoms with Crippen molar-refractivity contribution < 1.29 is 36.9 Å². The minimum absolute atomic E-state index is 0.0870. The number of nitrogens with two attached hydrogens (primary N) is 1. The lowest BCUT2D eigenvalue weighted by Gasteiger charge is -2.26. The highest BCUT2D eigenvalue weighted by Crippen LogP contribution is 2.37. The Morgan fingerprint density at radius 3 is 2.50 bits per heavy atom. The maximum atomic E-state index is 15.1. The fraction of sp³-hybridized carbons (Fsp3) is 0.258. The van der Waals surface area contributed by atoms with Gasteiger partial charge in [-0.2, -0.15) is 10.1 Å². The number of carbonyl (C=O) groups excluding carboxylic acids is 1. The Balaban J connectivity index is 1.29. The largest absolute Gasteiger partial charge is 0.493 e. The van der Waals surface area contributed by atoms with E-state index in [1.807, 2.05) is 0 Å². The molecule has 44 heavy (non-hydrogen) atoms. The van der Waals surface area contributed by atoms with Crippen molar-refractivity contribution in [1.82, 2.24) is 9.88 Å². The first-order valence-electron chi connectivity index (χ1n) is 13.8. The molecule has 0 spiro atoms. The van der Waals surface area contributed by atoms with Crippen molar-refractivity contribution in [3.63, 3.8) is 0 Å². The molecule has 13 heteroatoms. The number of methoxy groups -OCH3 is 1. The van der Waals surface area contributed by atoms with Gasteiger partial charge in [-0.3, -0.25) is 9.88 Å². The first-order valence-corrected chi connectivity index (χ1v) is 13.8. The van der Waals surface area contributed by atoms with E-state index in [2.05, 4.69) is 15.0 Å². The Labute approximate surface area is 251 Å². The number of halogens is 3. The lowest BCUT2D eigenvalue weighted by Crippen LogP contribution is -2.37. The first-order chi connectivity index (χ1) is 21.3. The average Bonchev–Trinajstić information content (AvgIpc) is 3.00. The van der Waals surface area contributed by atoms with Gasteiger partial charge in [0.25, 0.3) is 0 Å². The highest BCUT2D eigenvalue weighted by Gasteiger charge is 2.16. The highest BCUT2D eigenvalue weighted by atomic mass is 19.1. The topological polar surface area (TPSA) is 112 Å². The summed E-state index contributed by atoms with van der Waals surface area (Å²) in [5, 5.41) is 5.04. The molecule has 2 amide bonds. The molecule has 1 aliphatic heterocycles. The molecule has 0 atom stereocenters. The van der Waals surface area contributed by atoms with Gasteiger partial charge < -0.3 is 24.7 Å². The third kappa shape index (κ3) is 7.54. The van der Waals surface area contributed by atoms with Crippen molar-refractivity contribution in [3.05, 3.63) is 83.8 Å². The van der Waals surface area contributed by atoms with Crippen molar-refractivity contribution in [3.8, 4) is 23.0 Å². The fourth-order valence-electron chi connectivity index (χ4n) is 4.62. The number of anilines is 1. The lowest BCUT2D eigenvalue weighted by atomic mass is 10.1. The summed E-state index contributed by atoms with van der Waals surface area (Å²) in [6.07, 6.45) is 3.50. The minimum Gasteiger partial charge on any atom is -0.493 e. The number of hydrogen-bond acceptors (Lipinski definition) is 8. The zero-order valence-electron chi connectivity index (χ0n) is 23.8. The molecule has 0 bridgehead atoms. The number of benzene rings is 3. The molecule has 1 aromatic heterocycles. The molecule has 4 aromatic rings. The Hall–Kier alpha value is -4.88. The quantitative estimate of drug-likeness (QED) is 0.136. The summed E-state index contributed by atoms with van der Waals surface area (Å²) >= 11 is 0. The number of carbonyl (C=O) groups is 1. The monoisotopic (exact) mass is 609 g/mol. The van der Waals surface area contributed by atoms with E-state index < -0.39 is 23.5 Å². The van der Waals surface area contributed by atoms with Crippen molar-refractivity contribution in [2.45, 2.75) is 6.42 Å². The number of ether oxygens (including phenoxy) is 4. The van der Waals surface area contributed by atoms with E-state index in [-0.39, 0.29) is 17.0 Å². The van der Waals surface area contributed by atoms with Gasteiger partial charge in [0, 0.05) is 43.4 Å². The van der Waals surface area contributed by atoms with Gasteiger partial charge in [-0.1, -0.05) is 0 Å². The van der Waals surface area contributed by atoms with Gasteiger partial charge in [-0.05, 0) is 54.4 Å². The Morgan fingerprint density at radius 1 is 1.02 bits per heavy atom. The predicted octanol–water partition coefficient (Wildman–Crippen LogP) is 5.47. The molecular weight excluding hydrogens is 579 g/mol. The number of primary amides is 1. The van der Waals surface area contributed by atoms with Crippen molar-refractivity contribution in [2.75, 3.05) is 51.6 Å². The van der Waals surface area contributed by atoms with Crippen LogP contribution in [0.3, 0.4) is 0 Å². The minimum atomic E-state index is -1.09. The molecular formula is C31H30F3N5O5. The molecule has 1 saturated heterocycles. The van der Waals surface area contributed by atoms with Crippen LogP contribution >= 0.6 is 0 Å². The molecule has 230 valence electrons. The zero-order chi connectivity index (χ0) is 31.1. The van der Waals surface area contributed by atoms with Crippen molar-refractivity contribution in [1.29, 1.82) is 0 Å². The number of fused-ring (bicyclic) bond motifs is 1. The van der Waals surface area contributed by atoms with Gasteiger partial charge in [-0.25, -0.2) is 18.0 Å². The van der Waals surface area contributed by atoms with Crippen LogP contribution in [0.2, 0.25) is 0 Å². The van der Waals surface area contributed by atoms with Crippen molar-refractivity contribution in [2.24, 2.45) is 10.8 Å². The van der Waals surface area contributed by atoms with Crippen LogP contribution in [0.4, 0.5) is 23.7 Å². The molecule has 2 heterocycles. The van der Waals surface area contributed by atoms with E-state index in [1.54, 1.807) is 24.4 Å². The van der Waals surface area contributed by atoms with Gasteiger partial charge in [0.1, 0.15) is 17.4 Å². The molecule has 0 saturated carbocycles. The summed E-state index contributed by atoms with van der Waals surface area (Å²) in [5.74, 6) is -1.31. The average molecular weight is 610 g/mol. The maximum Gasteiger partial charge on any atom is 0.340 e. The Kier molecular flexibility index (Phi) is 9.77. The number of pyridine rings is 1. The number of nitrogens with zero attached hydrogens (tertiary/aromatic N) is 4. The first kappa shape index (κ1) is 30.6. The summed E-state index contributed by atoms with van der Waals surface area (Å²) in [5.41, 5.74) is 5.88. The van der Waals surface area contributed by atoms with Gasteiger partial charge >= 0.3 is 6.03 Å². The fourth-order valence-corrected chi connectivity index (χ4v) is 4.62. The van der Waals surface area contributed by atoms with E-state index in [9.17, 15) is 13.6 Å². The SMILES string of the molecule is COc1cc2c(Oc3ccc(/C=N/N(C(N)=O)c4cc(F)cc(F)c4)cc3F)ccnc2cc1OCCCN1CCOCC1. The summed E-state index contributed by atoms with van der Waals surface area (Å²) < 4.78 is 65.2. The highest BCUT2D eigenvalue weighted by molar-refractivity contribution is 5.93. The third-order valence-corrected chi connectivity index (χ3v) is 6.77. The Morgan fingerprint density at radius 2 is 1.80 bits per heavy atom. The molecule has 0 unspecified atom stereocenters. The Bertz CT molecular complexity index is 1650. The molecule has 0 aliphatic carbocycles. The van der Waals surface area contributed by atoms with Crippen LogP contribution in [0.15, 0.2) is 65.9 Å². The van der Waals surface area contributed by atoms with E-state index in [1.165, 1.54) is 19.2 Å². The predicted molar refractivity (Wildman–Crippen MR) is 158 cm³/mol. The van der Waals surface area contributed by atoms with E-state index in [0.29, 0.717) is 45.8 Å². The number of hydrazone groups is 1. The summed E-state index contributed by atoms with van der Waals surface area (Å²) in [6, 6.07) is 10.4. The lowest BCUT2D eigenvalue weighted by molar-refractivity contribution is 0.0357. The van der Waals surface area contributed by atoms with Gasteiger partial charge in [0.05, 0.1) is 44.3 Å². The smallest absolute Gasteiger partial charge is 0.340 e. The van der Waals surface area contributed by atoms with Crippen LogP contribution in [0.5, 0.6) is 23.0 Å². The number of morpholine rings is 1. The van der Waals surface area contributed by atoms with Gasteiger partial charge in [0.2, 0.25) is 0 Å². The second-order valence-electron chi connectivity index (χ2n) is 9.80. The second-order valence-corrected chi connectivity index (χ2v) is 9.80. The van der Waals surface area contributed by atoms with E-state index >= 15 is 4.39 Å². The normalized spacial score (nSPS) is 13.7. The van der Waals surface area contributed by atoms with E-state index in [0.717, 1.165) is 63.7 Å². The van der Waals surface area contributed by atoms with Crippen LogP contribution in [-0.2, 0) is 4.74 Å². The third-order valence-electron chi connectivity index (χ3n) is 6.77. The van der Waals surface area contributed by atoms with Crippen LogP contribution in [0.25, 0.3) is 10.9 Å². The van der Waals surface area contributed by atoms with Crippen LogP contribution in [0.1, 0.15) is 12.0 Å². The zero-order valence-corrected chi connectivity index (χ0v) is 23.8. The maximum absolute atomic E-state index is 15.1. The van der Waals surface area contributed by atoms with Gasteiger partial charge in [0.15, 0.2) is 23.1 Å². The number of urea groups is 1.